The molecule has 1 atom stereocenters. The van der Waals surface area contributed by atoms with Gasteiger partial charge in [-0.25, -0.2) is 0 Å². The van der Waals surface area contributed by atoms with Crippen molar-refractivity contribution in [3.63, 3.8) is 0 Å². The lowest BCUT2D eigenvalue weighted by atomic mass is 10.1. The summed E-state index contributed by atoms with van der Waals surface area (Å²) < 4.78 is 5.59. The zero-order chi connectivity index (χ0) is 13.0. The molecule has 0 spiro atoms. The minimum atomic E-state index is 0.0951. The largest absolute Gasteiger partial charge is 0.378 e. The first kappa shape index (κ1) is 13.3. The molecule has 0 aromatic heterocycles. The molecular weight excluding hydrogens is 232 g/mol. The maximum absolute atomic E-state index is 12.1. The van der Waals surface area contributed by atoms with Gasteiger partial charge < -0.3 is 14.5 Å². The lowest BCUT2D eigenvalue weighted by molar-refractivity contribution is -0.141. The summed E-state index contributed by atoms with van der Waals surface area (Å²) in [7, 11) is 0. The van der Waals surface area contributed by atoms with E-state index >= 15 is 0 Å². The monoisotopic (exact) mass is 254 g/mol. The third-order valence-corrected chi connectivity index (χ3v) is 3.75. The van der Waals surface area contributed by atoms with Gasteiger partial charge in [0.05, 0.1) is 12.5 Å². The Bertz CT molecular complexity index is 305. The highest BCUT2D eigenvalue weighted by molar-refractivity contribution is 5.77. The number of amides is 2. The number of carbonyl (C=O) groups is 2. The van der Waals surface area contributed by atoms with Crippen LogP contribution >= 0.6 is 0 Å². The van der Waals surface area contributed by atoms with Crippen molar-refractivity contribution in [2.45, 2.75) is 38.7 Å². The molecule has 0 aliphatic carbocycles. The highest BCUT2D eigenvalue weighted by Gasteiger charge is 2.25. The summed E-state index contributed by atoms with van der Waals surface area (Å²) in [5.41, 5.74) is 0. The average Bonchev–Trinajstić information content (AvgIpc) is 2.40. The van der Waals surface area contributed by atoms with Crippen LogP contribution < -0.4 is 0 Å². The molecule has 2 saturated heterocycles. The standard InChI is InChI=1S/C13H22N2O3/c1-11(16)14-5-7-15(8-6-14)13(17)10-12-4-2-3-9-18-12/h12H,2-10H2,1H3. The molecule has 5 nitrogen and oxygen atoms in total. The summed E-state index contributed by atoms with van der Waals surface area (Å²) in [5.74, 6) is 0.266. The Kier molecular flexibility index (Phi) is 4.58. The molecule has 0 N–H and O–H groups in total. The van der Waals surface area contributed by atoms with Crippen LogP contribution in [0.25, 0.3) is 0 Å². The summed E-state index contributed by atoms with van der Waals surface area (Å²) in [6.07, 6.45) is 3.88. The van der Waals surface area contributed by atoms with Gasteiger partial charge in [-0.1, -0.05) is 0 Å². The van der Waals surface area contributed by atoms with E-state index in [1.807, 2.05) is 4.90 Å². The fraction of sp³-hybridized carbons (Fsp3) is 0.846. The molecule has 2 heterocycles. The number of hydrogen-bond acceptors (Lipinski definition) is 3. The smallest absolute Gasteiger partial charge is 0.225 e. The topological polar surface area (TPSA) is 49.9 Å². The van der Waals surface area contributed by atoms with Crippen molar-refractivity contribution >= 4 is 11.8 Å². The van der Waals surface area contributed by atoms with Crippen molar-refractivity contribution in [3.05, 3.63) is 0 Å². The Morgan fingerprint density at radius 2 is 1.78 bits per heavy atom. The van der Waals surface area contributed by atoms with Crippen LogP contribution in [0.2, 0.25) is 0 Å². The predicted molar refractivity (Wildman–Crippen MR) is 67.0 cm³/mol. The Morgan fingerprint density at radius 3 is 2.33 bits per heavy atom. The molecule has 102 valence electrons. The molecule has 18 heavy (non-hydrogen) atoms. The quantitative estimate of drug-likeness (QED) is 0.726. The fourth-order valence-corrected chi connectivity index (χ4v) is 2.56. The molecule has 2 aliphatic rings. The van der Waals surface area contributed by atoms with E-state index in [1.54, 1.807) is 11.8 Å². The Labute approximate surface area is 108 Å². The number of ether oxygens (including phenoxy) is 1. The summed E-state index contributed by atoms with van der Waals surface area (Å²) in [5, 5.41) is 0. The minimum absolute atomic E-state index is 0.0951. The lowest BCUT2D eigenvalue weighted by Gasteiger charge is -2.35. The predicted octanol–water partition coefficient (Wildman–Crippen LogP) is 0.636. The summed E-state index contributed by atoms with van der Waals surface area (Å²) >= 11 is 0. The zero-order valence-electron chi connectivity index (χ0n) is 11.1. The van der Waals surface area contributed by atoms with E-state index in [-0.39, 0.29) is 17.9 Å². The van der Waals surface area contributed by atoms with E-state index in [0.29, 0.717) is 32.6 Å². The Hall–Kier alpha value is -1.10. The van der Waals surface area contributed by atoms with E-state index < -0.39 is 0 Å². The van der Waals surface area contributed by atoms with E-state index in [1.165, 1.54) is 0 Å². The highest BCUT2D eigenvalue weighted by atomic mass is 16.5. The van der Waals surface area contributed by atoms with Crippen LogP contribution in [0.3, 0.4) is 0 Å². The van der Waals surface area contributed by atoms with Gasteiger partial charge in [0, 0.05) is 39.7 Å². The van der Waals surface area contributed by atoms with Crippen LogP contribution in [0.1, 0.15) is 32.6 Å². The first-order chi connectivity index (χ1) is 8.66. The minimum Gasteiger partial charge on any atom is -0.378 e. The molecule has 0 saturated carbocycles. The summed E-state index contributed by atoms with van der Waals surface area (Å²) in [4.78, 5) is 26.9. The number of carbonyl (C=O) groups excluding carboxylic acids is 2. The molecule has 5 heteroatoms. The second-order valence-corrected chi connectivity index (χ2v) is 5.08. The van der Waals surface area contributed by atoms with Gasteiger partial charge in [0.25, 0.3) is 0 Å². The summed E-state index contributed by atoms with van der Waals surface area (Å²) in [6.45, 7) is 5.00. The Morgan fingerprint density at radius 1 is 1.11 bits per heavy atom. The van der Waals surface area contributed by atoms with Crippen molar-refractivity contribution in [1.29, 1.82) is 0 Å². The second kappa shape index (κ2) is 6.18. The maximum atomic E-state index is 12.1. The van der Waals surface area contributed by atoms with Gasteiger partial charge in [-0.05, 0) is 19.3 Å². The van der Waals surface area contributed by atoms with E-state index in [4.69, 9.17) is 4.74 Å². The number of hydrogen-bond donors (Lipinski definition) is 0. The van der Waals surface area contributed by atoms with Gasteiger partial charge in [0.2, 0.25) is 11.8 Å². The number of nitrogens with zero attached hydrogens (tertiary/aromatic N) is 2. The maximum Gasteiger partial charge on any atom is 0.225 e. The van der Waals surface area contributed by atoms with E-state index in [2.05, 4.69) is 0 Å². The lowest BCUT2D eigenvalue weighted by Crippen LogP contribution is -2.50. The third-order valence-electron chi connectivity index (χ3n) is 3.75. The van der Waals surface area contributed by atoms with Crippen LogP contribution in [-0.2, 0) is 14.3 Å². The van der Waals surface area contributed by atoms with Crippen molar-refractivity contribution in [2.24, 2.45) is 0 Å². The molecule has 1 unspecified atom stereocenters. The fourth-order valence-electron chi connectivity index (χ4n) is 2.56. The van der Waals surface area contributed by atoms with Crippen molar-refractivity contribution in [2.75, 3.05) is 32.8 Å². The third kappa shape index (κ3) is 3.45. The Balaban J connectivity index is 1.75. The first-order valence-electron chi connectivity index (χ1n) is 6.81. The van der Waals surface area contributed by atoms with Gasteiger partial charge in [-0.2, -0.15) is 0 Å². The molecule has 0 bridgehead atoms. The van der Waals surface area contributed by atoms with Crippen molar-refractivity contribution in [3.8, 4) is 0 Å². The first-order valence-corrected chi connectivity index (χ1v) is 6.81. The van der Waals surface area contributed by atoms with Crippen LogP contribution in [0.15, 0.2) is 0 Å². The van der Waals surface area contributed by atoms with Crippen molar-refractivity contribution < 1.29 is 14.3 Å². The van der Waals surface area contributed by atoms with E-state index in [0.717, 1.165) is 25.9 Å². The normalized spacial score (nSPS) is 25.1. The number of piperazine rings is 1. The van der Waals surface area contributed by atoms with Crippen molar-refractivity contribution in [1.82, 2.24) is 9.80 Å². The highest BCUT2D eigenvalue weighted by Crippen LogP contribution is 2.17. The van der Waals surface area contributed by atoms with Gasteiger partial charge in [-0.15, -0.1) is 0 Å². The van der Waals surface area contributed by atoms with Crippen LogP contribution in [-0.4, -0.2) is 60.5 Å². The molecule has 0 radical (unpaired) electrons. The molecule has 2 rings (SSSR count). The van der Waals surface area contributed by atoms with Gasteiger partial charge in [0.1, 0.15) is 0 Å². The van der Waals surface area contributed by atoms with Crippen LogP contribution in [0, 0.1) is 0 Å². The van der Waals surface area contributed by atoms with Crippen LogP contribution in [0.5, 0.6) is 0 Å². The van der Waals surface area contributed by atoms with Gasteiger partial charge in [0.15, 0.2) is 0 Å². The molecule has 2 aliphatic heterocycles. The van der Waals surface area contributed by atoms with E-state index in [9.17, 15) is 9.59 Å². The SMILES string of the molecule is CC(=O)N1CCN(C(=O)CC2CCCCO2)CC1. The summed E-state index contributed by atoms with van der Waals surface area (Å²) in [6, 6.07) is 0. The molecule has 2 amide bonds. The van der Waals surface area contributed by atoms with Crippen LogP contribution in [0.4, 0.5) is 0 Å². The van der Waals surface area contributed by atoms with Gasteiger partial charge >= 0.3 is 0 Å². The number of rotatable bonds is 2. The average molecular weight is 254 g/mol. The molecule has 2 fully saturated rings. The second-order valence-electron chi connectivity index (χ2n) is 5.08. The molecular formula is C13H22N2O3. The van der Waals surface area contributed by atoms with Gasteiger partial charge in [-0.3, -0.25) is 9.59 Å². The molecule has 0 aromatic rings. The zero-order valence-corrected chi connectivity index (χ0v) is 11.1. The molecule has 0 aromatic carbocycles.